The Kier molecular flexibility index (Phi) is 15.2. The first-order valence-corrected chi connectivity index (χ1v) is 35.6. The van der Waals surface area contributed by atoms with Gasteiger partial charge in [-0.05, 0) is 218 Å². The van der Waals surface area contributed by atoms with Gasteiger partial charge in [0.25, 0.3) is 0 Å². The van der Waals surface area contributed by atoms with E-state index >= 15 is 4.79 Å². The van der Waals surface area contributed by atoms with Gasteiger partial charge >= 0.3 is 5.97 Å². The standard InChI is InChI=1S/C69H96N4O8S2/c1-44(75)80-64-29-19-47-34-50(60(79)61-59(47)48-20-31-68(81-61)27-7-14-51(68)35-48)41-73-43-65(39-58(73)78)52(17-18-55(65)46-12-3-2-4-13-46)40-71-62(70)72-69(28-9-24-63(69)22-5-6-23-63)83-82-42-53-16-15-49(54(21-30-64)56(76)38-64)37-66(53)25-10-26-67(66)36-45(11-8-32-74)33-57(67)77/h2-4,12-13,20,31,34,45,48-49,51-57,74,76-77,79H,5-11,14-19,21-30,32-33,35-43H2,1H3,(H3,70,71,72). The molecule has 6 spiro atoms. The van der Waals surface area contributed by atoms with E-state index in [2.05, 4.69) is 75.5 Å². The molecular weight excluding hydrogens is 1080 g/mol. The van der Waals surface area contributed by atoms with Crippen molar-refractivity contribution in [3.8, 4) is 11.5 Å². The van der Waals surface area contributed by atoms with E-state index in [1.54, 1.807) is 0 Å². The number of amides is 1. The summed E-state index contributed by atoms with van der Waals surface area (Å²) in [6, 6.07) is 13.0. The summed E-state index contributed by atoms with van der Waals surface area (Å²) < 4.78 is 13.8. The van der Waals surface area contributed by atoms with E-state index in [1.807, 2.05) is 4.90 Å². The number of aliphatic hydroxyl groups excluding tert-OH is 3. The highest BCUT2D eigenvalue weighted by Crippen LogP contribution is 2.72. The number of phenols is 1. The van der Waals surface area contributed by atoms with Gasteiger partial charge in [0.05, 0.1) is 12.2 Å². The molecule has 9 aliphatic carbocycles. The quantitative estimate of drug-likeness (QED) is 0.0946. The van der Waals surface area contributed by atoms with Crippen LogP contribution in [0, 0.1) is 57.2 Å². The fourth-order valence-electron chi connectivity index (χ4n) is 22.5. The molecule has 1 amide bonds. The zero-order chi connectivity index (χ0) is 57.0. The number of rotatable bonds is 5. The molecule has 0 radical (unpaired) electrons. The number of fused-ring (bicyclic) bond motifs is 1. The molecular formula is C69H96N4O8S2. The third-order valence-electron chi connectivity index (χ3n) is 26.1. The largest absolute Gasteiger partial charge is 0.504 e. The SMILES string of the molecule is CC(=O)OC12CCc3cc(c(O)c4c3C3C=CC5(CCCC5C3)O4)CN3CC4(CC3=O)C(CCC4c3ccccc3)CN=C(N)NC3(CCCC34CCCC4)SSCC3CCC(CC34CCCC43CC(CCCO)CC3O)C(CC1)C(O)C2. The van der Waals surface area contributed by atoms with Gasteiger partial charge in [-0.15, -0.1) is 0 Å². The number of carbonyl (C=O) groups excluding carboxylic acids is 2. The number of aryl methyl sites for hydroxylation is 1. The molecule has 6 heterocycles. The summed E-state index contributed by atoms with van der Waals surface area (Å²) >= 11 is 0. The normalized spacial score (nSPS) is 42.7. The average Bonchev–Trinajstić information content (AvgIpc) is 1.90. The molecule has 14 heteroatoms. The molecule has 16 unspecified atom stereocenters. The van der Waals surface area contributed by atoms with E-state index in [1.165, 1.54) is 44.6 Å². The minimum atomic E-state index is -0.876. The molecule has 17 rings (SSSR count). The molecule has 2 aromatic rings. The molecule has 6 aliphatic heterocycles. The number of aromatic hydroxyl groups is 1. The fraction of sp³-hybridized carbons (Fsp3) is 0.754. The number of guanidine groups is 1. The van der Waals surface area contributed by atoms with Crippen LogP contribution in [0.2, 0.25) is 0 Å². The fourth-order valence-corrected chi connectivity index (χ4v) is 26.4. The summed E-state index contributed by atoms with van der Waals surface area (Å²) in [6.45, 7) is 3.05. The Morgan fingerprint density at radius 2 is 1.67 bits per heavy atom. The van der Waals surface area contributed by atoms with Crippen LogP contribution in [0.5, 0.6) is 11.5 Å². The van der Waals surface area contributed by atoms with Crippen LogP contribution in [0.1, 0.15) is 221 Å². The number of phenolic OH excluding ortho intramolecular Hbond substituents is 1. The number of carbonyl (C=O) groups is 2. The molecule has 8 saturated carbocycles. The Balaban J connectivity index is 0.860. The maximum absolute atomic E-state index is 15.0. The van der Waals surface area contributed by atoms with Crippen molar-refractivity contribution in [2.45, 2.75) is 240 Å². The zero-order valence-electron chi connectivity index (χ0n) is 49.6. The number of allylic oxidation sites excluding steroid dienone is 1. The first-order valence-electron chi connectivity index (χ1n) is 33.3. The van der Waals surface area contributed by atoms with Crippen molar-refractivity contribution >= 4 is 39.4 Å². The number of nitrogens with one attached hydrogen (secondary N) is 1. The second-order valence-electron chi connectivity index (χ2n) is 29.8. The van der Waals surface area contributed by atoms with Crippen LogP contribution < -0.4 is 15.8 Å². The van der Waals surface area contributed by atoms with E-state index in [-0.39, 0.29) is 93.0 Å². The Morgan fingerprint density at radius 3 is 2.49 bits per heavy atom. The molecule has 16 atom stereocenters. The summed E-state index contributed by atoms with van der Waals surface area (Å²) in [4.78, 5) is 35.6. The number of ether oxygens (including phenoxy) is 2. The van der Waals surface area contributed by atoms with Crippen LogP contribution in [0.15, 0.2) is 53.5 Å². The molecule has 452 valence electrons. The highest BCUT2D eigenvalue weighted by Gasteiger charge is 2.67. The maximum atomic E-state index is 15.0. The average molecular weight is 1170 g/mol. The monoisotopic (exact) mass is 1170 g/mol. The lowest BCUT2D eigenvalue weighted by Gasteiger charge is -2.57. The molecule has 10 bridgehead atoms. The van der Waals surface area contributed by atoms with Crippen molar-refractivity contribution in [2.24, 2.45) is 67.9 Å². The maximum Gasteiger partial charge on any atom is 0.303 e. The van der Waals surface area contributed by atoms with Crippen LogP contribution in [0.3, 0.4) is 0 Å². The Morgan fingerprint density at radius 1 is 0.867 bits per heavy atom. The first kappa shape index (κ1) is 57.3. The summed E-state index contributed by atoms with van der Waals surface area (Å²) in [5.74, 6) is 3.85. The van der Waals surface area contributed by atoms with Crippen molar-refractivity contribution in [3.05, 3.63) is 70.8 Å². The Labute approximate surface area is 501 Å². The summed E-state index contributed by atoms with van der Waals surface area (Å²) in [7, 11) is 4.12. The van der Waals surface area contributed by atoms with Crippen molar-refractivity contribution in [2.75, 3.05) is 25.4 Å². The summed E-state index contributed by atoms with van der Waals surface area (Å²) in [5, 5.41) is 52.3. The molecule has 1 saturated heterocycles. The van der Waals surface area contributed by atoms with Crippen molar-refractivity contribution < 1.29 is 39.5 Å². The van der Waals surface area contributed by atoms with Crippen LogP contribution in [0.25, 0.3) is 0 Å². The van der Waals surface area contributed by atoms with Gasteiger partial charge in [-0.1, -0.05) is 77.3 Å². The molecule has 15 aliphatic rings. The second-order valence-corrected chi connectivity index (χ2v) is 32.4. The van der Waals surface area contributed by atoms with E-state index in [0.29, 0.717) is 80.2 Å². The van der Waals surface area contributed by atoms with Gasteiger partial charge in [0, 0.05) is 91.0 Å². The van der Waals surface area contributed by atoms with E-state index in [4.69, 9.17) is 20.2 Å². The van der Waals surface area contributed by atoms with Gasteiger partial charge < -0.3 is 45.9 Å². The number of esters is 1. The number of hydrogen-bond acceptors (Lipinski definition) is 13. The second kappa shape index (κ2) is 22.0. The van der Waals surface area contributed by atoms with Gasteiger partial charge in [-0.2, -0.15) is 0 Å². The number of aliphatic hydroxyl groups is 3. The predicted molar refractivity (Wildman–Crippen MR) is 328 cm³/mol. The lowest BCUT2D eigenvalue weighted by Crippen LogP contribution is -2.56. The van der Waals surface area contributed by atoms with Gasteiger partial charge in [-0.25, -0.2) is 0 Å². The van der Waals surface area contributed by atoms with Gasteiger partial charge in [0.2, 0.25) is 5.91 Å². The van der Waals surface area contributed by atoms with E-state index in [0.717, 1.165) is 139 Å². The smallest absolute Gasteiger partial charge is 0.303 e. The first-order chi connectivity index (χ1) is 40.2. The number of hydrogen-bond donors (Lipinski definition) is 6. The molecule has 2 aromatic carbocycles. The zero-order valence-corrected chi connectivity index (χ0v) is 51.3. The predicted octanol–water partition coefficient (Wildman–Crippen LogP) is 12.5. The van der Waals surface area contributed by atoms with E-state index < -0.39 is 17.3 Å². The third-order valence-corrected chi connectivity index (χ3v) is 29.4. The molecule has 0 aromatic heterocycles. The Bertz CT molecular complexity index is 2840. The van der Waals surface area contributed by atoms with Gasteiger partial charge in [0.1, 0.15) is 16.1 Å². The highest BCUT2D eigenvalue weighted by molar-refractivity contribution is 8.77. The van der Waals surface area contributed by atoms with Gasteiger partial charge in [0.15, 0.2) is 17.5 Å². The van der Waals surface area contributed by atoms with Crippen LogP contribution >= 0.6 is 21.6 Å². The summed E-state index contributed by atoms with van der Waals surface area (Å²) in [6.07, 6.45) is 31.0. The van der Waals surface area contributed by atoms with Crippen LogP contribution in [-0.4, -0.2) is 96.9 Å². The van der Waals surface area contributed by atoms with Gasteiger partial charge in [-0.3, -0.25) is 14.6 Å². The molecule has 7 N–H and O–H groups in total. The molecule has 12 nitrogen and oxygen atoms in total. The van der Waals surface area contributed by atoms with Crippen molar-refractivity contribution in [1.29, 1.82) is 0 Å². The van der Waals surface area contributed by atoms with Crippen molar-refractivity contribution in [3.63, 3.8) is 0 Å². The lowest BCUT2D eigenvalue weighted by atomic mass is 9.49. The van der Waals surface area contributed by atoms with Crippen molar-refractivity contribution in [1.82, 2.24) is 10.2 Å². The summed E-state index contributed by atoms with van der Waals surface area (Å²) in [5.41, 5.74) is 9.51. The molecule has 9 fully saturated rings. The lowest BCUT2D eigenvalue weighted by molar-refractivity contribution is -0.173. The Hall–Kier alpha value is -3.43. The van der Waals surface area contributed by atoms with E-state index in [9.17, 15) is 25.2 Å². The minimum absolute atomic E-state index is 0.0559. The molecule has 83 heavy (non-hydrogen) atoms. The van der Waals surface area contributed by atoms with Crippen LogP contribution in [0.4, 0.5) is 0 Å². The highest BCUT2D eigenvalue weighted by atomic mass is 33.1. The van der Waals surface area contributed by atoms with Crippen LogP contribution in [-0.2, 0) is 27.3 Å². The number of benzene rings is 2. The number of aliphatic imine (C=N–C) groups is 1. The number of nitrogens with two attached hydrogens (primary N) is 1. The third kappa shape index (κ3) is 9.47. The topological polar surface area (TPSA) is 187 Å². The number of nitrogens with zero attached hydrogens (tertiary/aromatic N) is 2. The minimum Gasteiger partial charge on any atom is -0.504 e.